The number of hydrogen-bond acceptors (Lipinski definition) is 2. The zero-order valence-electron chi connectivity index (χ0n) is 9.48. The van der Waals surface area contributed by atoms with E-state index in [4.69, 9.17) is 0 Å². The van der Waals surface area contributed by atoms with Crippen LogP contribution in [0.4, 0.5) is 13.2 Å². The van der Waals surface area contributed by atoms with E-state index < -0.39 is 11.7 Å². The molecule has 0 saturated carbocycles. The molecule has 0 atom stereocenters. The van der Waals surface area contributed by atoms with Crippen LogP contribution in [0, 0.1) is 0 Å². The van der Waals surface area contributed by atoms with Crippen LogP contribution in [0.1, 0.15) is 11.1 Å². The topological polar surface area (TPSA) is 39.8 Å². The Hall–Kier alpha value is -2.05. The Bertz CT molecular complexity index is 612. The summed E-state index contributed by atoms with van der Waals surface area (Å²) < 4.78 is 39.9. The molecule has 1 aromatic heterocycles. The molecule has 0 spiro atoms. The Morgan fingerprint density at radius 2 is 2.06 bits per heavy atom. The SMILES string of the molecule is Cn1cnn(Cc2cccc(C(F)(F)F)c2)c1=O. The number of nitrogens with zero attached hydrogens (tertiary/aromatic N) is 3. The second kappa shape index (κ2) is 4.32. The zero-order chi connectivity index (χ0) is 13.3. The number of benzene rings is 1. The maximum atomic E-state index is 12.5. The molecule has 0 aliphatic heterocycles. The van der Waals surface area contributed by atoms with Crippen molar-refractivity contribution in [2.75, 3.05) is 0 Å². The first-order valence-electron chi connectivity index (χ1n) is 5.12. The standard InChI is InChI=1S/C11H10F3N3O/c1-16-7-15-17(10(16)18)6-8-3-2-4-9(5-8)11(12,13)14/h2-5,7H,6H2,1H3. The molecule has 2 aromatic rings. The van der Waals surface area contributed by atoms with E-state index >= 15 is 0 Å². The van der Waals surface area contributed by atoms with Crippen LogP contribution in [-0.2, 0) is 19.8 Å². The molecule has 0 N–H and O–H groups in total. The predicted octanol–water partition coefficient (Wildman–Crippen LogP) is 1.65. The minimum atomic E-state index is -4.38. The van der Waals surface area contributed by atoms with Gasteiger partial charge in [0.1, 0.15) is 6.33 Å². The largest absolute Gasteiger partial charge is 0.416 e. The van der Waals surface area contributed by atoms with E-state index in [0.717, 1.165) is 16.8 Å². The van der Waals surface area contributed by atoms with Gasteiger partial charge >= 0.3 is 11.9 Å². The lowest BCUT2D eigenvalue weighted by Crippen LogP contribution is -2.23. The van der Waals surface area contributed by atoms with E-state index in [1.54, 1.807) is 0 Å². The summed E-state index contributed by atoms with van der Waals surface area (Å²) in [6.07, 6.45) is -3.07. The summed E-state index contributed by atoms with van der Waals surface area (Å²) in [5, 5.41) is 3.79. The fraction of sp³-hybridized carbons (Fsp3) is 0.273. The Morgan fingerprint density at radius 3 is 2.61 bits per heavy atom. The highest BCUT2D eigenvalue weighted by Gasteiger charge is 2.30. The van der Waals surface area contributed by atoms with Crippen LogP contribution in [0.3, 0.4) is 0 Å². The Kier molecular flexibility index (Phi) is 2.98. The van der Waals surface area contributed by atoms with Crippen LogP contribution in [-0.4, -0.2) is 14.3 Å². The second-order valence-corrected chi connectivity index (χ2v) is 3.88. The Labute approximate surface area is 100 Å². The maximum absolute atomic E-state index is 12.5. The summed E-state index contributed by atoms with van der Waals surface area (Å²) in [6, 6.07) is 4.84. The van der Waals surface area contributed by atoms with Crippen LogP contribution in [0.15, 0.2) is 35.4 Å². The van der Waals surface area contributed by atoms with Crippen molar-refractivity contribution in [2.45, 2.75) is 12.7 Å². The van der Waals surface area contributed by atoms with Crippen molar-refractivity contribution in [3.05, 3.63) is 52.2 Å². The molecule has 0 fully saturated rings. The molecule has 0 saturated heterocycles. The first kappa shape index (κ1) is 12.4. The molecule has 0 bridgehead atoms. The van der Waals surface area contributed by atoms with Gasteiger partial charge < -0.3 is 0 Å². The lowest BCUT2D eigenvalue weighted by atomic mass is 10.1. The summed E-state index contributed by atoms with van der Waals surface area (Å²) in [6.45, 7) is 0.0175. The number of alkyl halides is 3. The molecular formula is C11H10F3N3O. The Balaban J connectivity index is 2.31. The van der Waals surface area contributed by atoms with Crippen molar-refractivity contribution in [1.82, 2.24) is 14.3 Å². The number of halogens is 3. The van der Waals surface area contributed by atoms with Gasteiger partial charge in [-0.15, -0.1) is 0 Å². The zero-order valence-corrected chi connectivity index (χ0v) is 9.48. The minimum absolute atomic E-state index is 0.0175. The monoisotopic (exact) mass is 257 g/mol. The summed E-state index contributed by atoms with van der Waals surface area (Å²) in [4.78, 5) is 11.5. The Morgan fingerprint density at radius 1 is 1.33 bits per heavy atom. The highest BCUT2D eigenvalue weighted by Crippen LogP contribution is 2.29. The fourth-order valence-corrected chi connectivity index (χ4v) is 1.55. The summed E-state index contributed by atoms with van der Waals surface area (Å²) in [5.74, 6) is 0. The van der Waals surface area contributed by atoms with Gasteiger partial charge in [-0.1, -0.05) is 12.1 Å². The third-order valence-electron chi connectivity index (χ3n) is 2.47. The van der Waals surface area contributed by atoms with E-state index in [1.165, 1.54) is 30.1 Å². The van der Waals surface area contributed by atoms with E-state index in [0.29, 0.717) is 5.56 Å². The molecule has 4 nitrogen and oxygen atoms in total. The van der Waals surface area contributed by atoms with Gasteiger partial charge in [0, 0.05) is 7.05 Å². The molecule has 1 aromatic carbocycles. The van der Waals surface area contributed by atoms with Crippen molar-refractivity contribution >= 4 is 0 Å². The lowest BCUT2D eigenvalue weighted by molar-refractivity contribution is -0.137. The fourth-order valence-electron chi connectivity index (χ4n) is 1.55. The molecule has 18 heavy (non-hydrogen) atoms. The second-order valence-electron chi connectivity index (χ2n) is 3.88. The molecular weight excluding hydrogens is 247 g/mol. The number of rotatable bonds is 2. The van der Waals surface area contributed by atoms with Gasteiger partial charge in [-0.2, -0.15) is 18.3 Å². The summed E-state index contributed by atoms with van der Waals surface area (Å²) in [5.41, 5.74) is -0.720. The van der Waals surface area contributed by atoms with Crippen molar-refractivity contribution in [2.24, 2.45) is 7.05 Å². The molecule has 1 heterocycles. The highest BCUT2D eigenvalue weighted by atomic mass is 19.4. The molecule has 0 amide bonds. The third-order valence-corrected chi connectivity index (χ3v) is 2.47. The minimum Gasteiger partial charge on any atom is -0.285 e. The van der Waals surface area contributed by atoms with Crippen LogP contribution >= 0.6 is 0 Å². The average molecular weight is 257 g/mol. The van der Waals surface area contributed by atoms with E-state index in [1.807, 2.05) is 0 Å². The van der Waals surface area contributed by atoms with E-state index in [9.17, 15) is 18.0 Å². The number of aromatic nitrogens is 3. The highest BCUT2D eigenvalue weighted by molar-refractivity contribution is 5.25. The van der Waals surface area contributed by atoms with Gasteiger partial charge in [0.25, 0.3) is 0 Å². The summed E-state index contributed by atoms with van der Waals surface area (Å²) >= 11 is 0. The molecule has 2 rings (SSSR count). The first-order valence-corrected chi connectivity index (χ1v) is 5.12. The van der Waals surface area contributed by atoms with Gasteiger partial charge in [0.05, 0.1) is 12.1 Å². The normalized spacial score (nSPS) is 11.8. The predicted molar refractivity (Wildman–Crippen MR) is 58.0 cm³/mol. The van der Waals surface area contributed by atoms with Crippen LogP contribution in [0.25, 0.3) is 0 Å². The van der Waals surface area contributed by atoms with Crippen molar-refractivity contribution in [3.8, 4) is 0 Å². The molecule has 0 aliphatic rings. The van der Waals surface area contributed by atoms with Crippen molar-refractivity contribution < 1.29 is 13.2 Å². The molecule has 96 valence electrons. The number of hydrogen-bond donors (Lipinski definition) is 0. The summed E-state index contributed by atoms with van der Waals surface area (Å²) in [7, 11) is 1.53. The van der Waals surface area contributed by atoms with Crippen LogP contribution in [0.2, 0.25) is 0 Å². The van der Waals surface area contributed by atoms with Gasteiger partial charge in [-0.25, -0.2) is 9.48 Å². The van der Waals surface area contributed by atoms with Gasteiger partial charge in [0.15, 0.2) is 0 Å². The van der Waals surface area contributed by atoms with Gasteiger partial charge in [-0.3, -0.25) is 4.57 Å². The smallest absolute Gasteiger partial charge is 0.285 e. The quantitative estimate of drug-likeness (QED) is 0.820. The van der Waals surface area contributed by atoms with E-state index in [2.05, 4.69) is 5.10 Å². The van der Waals surface area contributed by atoms with Gasteiger partial charge in [0.2, 0.25) is 0 Å². The molecule has 0 aliphatic carbocycles. The van der Waals surface area contributed by atoms with Crippen LogP contribution in [0.5, 0.6) is 0 Å². The van der Waals surface area contributed by atoms with Gasteiger partial charge in [-0.05, 0) is 17.7 Å². The molecule has 7 heteroatoms. The first-order chi connectivity index (χ1) is 8.38. The lowest BCUT2D eigenvalue weighted by Gasteiger charge is -2.08. The molecule has 0 radical (unpaired) electrons. The third kappa shape index (κ3) is 2.44. The van der Waals surface area contributed by atoms with Crippen molar-refractivity contribution in [1.29, 1.82) is 0 Å². The van der Waals surface area contributed by atoms with Crippen molar-refractivity contribution in [3.63, 3.8) is 0 Å². The maximum Gasteiger partial charge on any atom is 0.416 e. The molecule has 0 unspecified atom stereocenters. The van der Waals surface area contributed by atoms with E-state index in [-0.39, 0.29) is 12.2 Å². The number of aryl methyl sites for hydroxylation is 1. The average Bonchev–Trinajstić information content (AvgIpc) is 2.60. The van der Waals surface area contributed by atoms with Crippen LogP contribution < -0.4 is 5.69 Å².